The lowest BCUT2D eigenvalue weighted by Gasteiger charge is -2.32. The number of hydrogen-bond acceptors (Lipinski definition) is 2. The SMILES string of the molecule is CC1=C(C)C[C@@]2(C)C(=O)OC[C@H]2C1. The van der Waals surface area contributed by atoms with E-state index in [9.17, 15) is 4.79 Å². The number of carbonyl (C=O) groups excluding carboxylic acids is 1. The first-order valence-corrected chi connectivity index (χ1v) is 4.86. The van der Waals surface area contributed by atoms with Gasteiger partial charge in [0.15, 0.2) is 0 Å². The molecule has 72 valence electrons. The second-order valence-corrected chi connectivity index (χ2v) is 4.65. The minimum atomic E-state index is -0.219. The van der Waals surface area contributed by atoms with Crippen LogP contribution in [0.25, 0.3) is 0 Å². The third-order valence-corrected chi connectivity index (χ3v) is 3.70. The highest BCUT2D eigenvalue weighted by molar-refractivity contribution is 5.79. The predicted molar refractivity (Wildman–Crippen MR) is 50.2 cm³/mol. The highest BCUT2D eigenvalue weighted by Crippen LogP contribution is 2.47. The van der Waals surface area contributed by atoms with Crippen LogP contribution in [-0.4, -0.2) is 12.6 Å². The molecule has 1 aliphatic carbocycles. The maximum Gasteiger partial charge on any atom is 0.312 e. The summed E-state index contributed by atoms with van der Waals surface area (Å²) < 4.78 is 5.13. The Balaban J connectivity index is 2.35. The summed E-state index contributed by atoms with van der Waals surface area (Å²) in [5.74, 6) is 0.424. The van der Waals surface area contributed by atoms with Crippen LogP contribution in [-0.2, 0) is 9.53 Å². The molecule has 0 amide bonds. The molecule has 0 aromatic carbocycles. The lowest BCUT2D eigenvalue weighted by atomic mass is 9.68. The van der Waals surface area contributed by atoms with E-state index in [-0.39, 0.29) is 11.4 Å². The first-order chi connectivity index (χ1) is 6.04. The first kappa shape index (κ1) is 8.79. The van der Waals surface area contributed by atoms with Crippen LogP contribution in [0.15, 0.2) is 11.1 Å². The van der Waals surface area contributed by atoms with E-state index >= 15 is 0 Å². The molecule has 0 aromatic heterocycles. The standard InChI is InChI=1S/C11H16O2/c1-7-4-9-6-13-10(12)11(9,3)5-8(7)2/h9H,4-6H2,1-3H3/t9-,11-/m1/s1. The summed E-state index contributed by atoms with van der Waals surface area (Å²) in [7, 11) is 0. The van der Waals surface area contributed by atoms with Gasteiger partial charge in [0, 0.05) is 5.92 Å². The van der Waals surface area contributed by atoms with E-state index < -0.39 is 0 Å². The Morgan fingerprint density at radius 3 is 2.77 bits per heavy atom. The molecule has 0 N–H and O–H groups in total. The van der Waals surface area contributed by atoms with Crippen molar-refractivity contribution in [3.63, 3.8) is 0 Å². The van der Waals surface area contributed by atoms with Crippen molar-refractivity contribution in [2.45, 2.75) is 33.6 Å². The van der Waals surface area contributed by atoms with Crippen molar-refractivity contribution < 1.29 is 9.53 Å². The number of carbonyl (C=O) groups is 1. The average molecular weight is 180 g/mol. The van der Waals surface area contributed by atoms with Gasteiger partial charge in [0.25, 0.3) is 0 Å². The van der Waals surface area contributed by atoms with Gasteiger partial charge in [0.05, 0.1) is 12.0 Å². The molecule has 0 spiro atoms. The molecule has 2 aliphatic rings. The van der Waals surface area contributed by atoms with Crippen LogP contribution in [0.3, 0.4) is 0 Å². The number of fused-ring (bicyclic) bond motifs is 1. The molecule has 2 heteroatoms. The van der Waals surface area contributed by atoms with Crippen LogP contribution in [0, 0.1) is 11.3 Å². The van der Waals surface area contributed by atoms with Crippen LogP contribution >= 0.6 is 0 Å². The van der Waals surface area contributed by atoms with E-state index in [2.05, 4.69) is 13.8 Å². The molecule has 0 radical (unpaired) electrons. The summed E-state index contributed by atoms with van der Waals surface area (Å²) in [6.45, 7) is 6.96. The van der Waals surface area contributed by atoms with Gasteiger partial charge in [-0.15, -0.1) is 0 Å². The Morgan fingerprint density at radius 1 is 1.38 bits per heavy atom. The molecule has 2 atom stereocenters. The minimum Gasteiger partial charge on any atom is -0.465 e. The highest BCUT2D eigenvalue weighted by atomic mass is 16.5. The lowest BCUT2D eigenvalue weighted by molar-refractivity contribution is -0.145. The summed E-state index contributed by atoms with van der Waals surface area (Å²) in [5, 5.41) is 0. The molecule has 2 nitrogen and oxygen atoms in total. The first-order valence-electron chi connectivity index (χ1n) is 4.86. The summed E-state index contributed by atoms with van der Waals surface area (Å²) in [6.07, 6.45) is 1.93. The number of cyclic esters (lactones) is 1. The molecule has 0 saturated carbocycles. The van der Waals surface area contributed by atoms with Gasteiger partial charge in [0.2, 0.25) is 0 Å². The van der Waals surface area contributed by atoms with Crippen molar-refractivity contribution in [1.82, 2.24) is 0 Å². The van der Waals surface area contributed by atoms with E-state index in [1.165, 1.54) is 11.1 Å². The quantitative estimate of drug-likeness (QED) is 0.422. The van der Waals surface area contributed by atoms with Gasteiger partial charge in [-0.3, -0.25) is 4.79 Å². The fraction of sp³-hybridized carbons (Fsp3) is 0.727. The fourth-order valence-corrected chi connectivity index (χ4v) is 2.44. The van der Waals surface area contributed by atoms with Crippen LogP contribution in [0.4, 0.5) is 0 Å². The van der Waals surface area contributed by atoms with Crippen LogP contribution in [0.2, 0.25) is 0 Å². The Labute approximate surface area is 79.0 Å². The van der Waals surface area contributed by atoms with Crippen LogP contribution < -0.4 is 0 Å². The number of esters is 1. The summed E-state index contributed by atoms with van der Waals surface area (Å²) in [5.41, 5.74) is 2.60. The maximum atomic E-state index is 11.5. The molecule has 1 aliphatic heterocycles. The van der Waals surface area contributed by atoms with E-state index in [1.54, 1.807) is 0 Å². The van der Waals surface area contributed by atoms with Crippen molar-refractivity contribution in [2.75, 3.05) is 6.61 Å². The van der Waals surface area contributed by atoms with Gasteiger partial charge in [-0.2, -0.15) is 0 Å². The molecule has 1 saturated heterocycles. The van der Waals surface area contributed by atoms with E-state index in [4.69, 9.17) is 4.74 Å². The van der Waals surface area contributed by atoms with Crippen molar-refractivity contribution in [2.24, 2.45) is 11.3 Å². The molecular weight excluding hydrogens is 164 g/mol. The number of allylic oxidation sites excluding steroid dienone is 2. The third kappa shape index (κ3) is 1.11. The largest absolute Gasteiger partial charge is 0.465 e. The smallest absolute Gasteiger partial charge is 0.312 e. The van der Waals surface area contributed by atoms with Gasteiger partial charge in [0.1, 0.15) is 0 Å². The van der Waals surface area contributed by atoms with E-state index in [0.717, 1.165) is 12.8 Å². The van der Waals surface area contributed by atoms with Gasteiger partial charge in [-0.05, 0) is 33.6 Å². The molecule has 0 unspecified atom stereocenters. The average Bonchev–Trinajstić information content (AvgIpc) is 2.32. The zero-order valence-corrected chi connectivity index (χ0v) is 8.52. The predicted octanol–water partition coefficient (Wildman–Crippen LogP) is 2.30. The molecular formula is C11H16O2. The highest BCUT2D eigenvalue weighted by Gasteiger charge is 2.50. The number of ether oxygens (including phenoxy) is 1. The zero-order valence-electron chi connectivity index (χ0n) is 8.52. The lowest BCUT2D eigenvalue weighted by Crippen LogP contribution is -2.33. The molecule has 0 bridgehead atoms. The van der Waals surface area contributed by atoms with Gasteiger partial charge in [-0.25, -0.2) is 0 Å². The summed E-state index contributed by atoms with van der Waals surface area (Å²) in [6, 6.07) is 0. The molecule has 13 heavy (non-hydrogen) atoms. The Kier molecular flexibility index (Phi) is 1.76. The van der Waals surface area contributed by atoms with Gasteiger partial charge in [-0.1, -0.05) is 11.1 Å². The fourth-order valence-electron chi connectivity index (χ4n) is 2.44. The Morgan fingerprint density at radius 2 is 2.08 bits per heavy atom. The Bertz CT molecular complexity index is 290. The molecule has 1 fully saturated rings. The monoisotopic (exact) mass is 180 g/mol. The van der Waals surface area contributed by atoms with E-state index in [0.29, 0.717) is 12.5 Å². The molecule has 2 rings (SSSR count). The topological polar surface area (TPSA) is 26.3 Å². The number of hydrogen-bond donors (Lipinski definition) is 0. The number of rotatable bonds is 0. The second kappa shape index (κ2) is 2.60. The maximum absolute atomic E-state index is 11.5. The van der Waals surface area contributed by atoms with Crippen LogP contribution in [0.5, 0.6) is 0 Å². The van der Waals surface area contributed by atoms with Crippen LogP contribution in [0.1, 0.15) is 33.6 Å². The third-order valence-electron chi connectivity index (χ3n) is 3.70. The molecule has 0 aromatic rings. The zero-order chi connectivity index (χ0) is 9.64. The van der Waals surface area contributed by atoms with Gasteiger partial charge < -0.3 is 4.74 Å². The van der Waals surface area contributed by atoms with Crippen molar-refractivity contribution >= 4 is 5.97 Å². The normalized spacial score (nSPS) is 39.0. The van der Waals surface area contributed by atoms with Crippen molar-refractivity contribution in [3.8, 4) is 0 Å². The van der Waals surface area contributed by atoms with Crippen molar-refractivity contribution in [3.05, 3.63) is 11.1 Å². The minimum absolute atomic E-state index is 0.00403. The Hall–Kier alpha value is -0.790. The van der Waals surface area contributed by atoms with Gasteiger partial charge >= 0.3 is 5.97 Å². The second-order valence-electron chi connectivity index (χ2n) is 4.65. The molecule has 1 heterocycles. The summed E-state index contributed by atoms with van der Waals surface area (Å²) in [4.78, 5) is 11.5. The van der Waals surface area contributed by atoms with Crippen molar-refractivity contribution in [1.29, 1.82) is 0 Å². The van der Waals surface area contributed by atoms with E-state index in [1.807, 2.05) is 6.92 Å². The summed E-state index contributed by atoms with van der Waals surface area (Å²) >= 11 is 0.